The molecule has 0 bridgehead atoms. The first-order valence-corrected chi connectivity index (χ1v) is 20.2. The lowest BCUT2D eigenvalue weighted by Crippen LogP contribution is -2.25. The molecule has 2 heterocycles. The molecule has 0 fully saturated rings. The third-order valence-electron chi connectivity index (χ3n) is 10.3. The standard InChI is InChI=1S/C48H52N6O4/c1-5-22-54(42-17-15-36-30-40(13-11-38(36)32-42)43-18-20-51-47(45(43)33-49)57-27-25-55-4)23-8-9-24-56-26-28-58-48-46(34-50)44(19-21-52-48)39-12-10-37-31-41(53(6-2)7-3)16-14-35(37)29-39/h10-21,29-32H,5-9,22-28H2,1-4H3. The molecule has 0 N–H and O–H groups in total. The van der Waals surface area contributed by atoms with Crippen molar-refractivity contribution in [2.24, 2.45) is 0 Å². The molecule has 6 rings (SSSR count). The highest BCUT2D eigenvalue weighted by atomic mass is 16.5. The van der Waals surface area contributed by atoms with E-state index >= 15 is 0 Å². The summed E-state index contributed by atoms with van der Waals surface area (Å²) in [7, 11) is 1.61. The van der Waals surface area contributed by atoms with Gasteiger partial charge in [-0.25, -0.2) is 9.97 Å². The molecular weight excluding hydrogens is 725 g/mol. The minimum absolute atomic E-state index is 0.306. The zero-order valence-corrected chi connectivity index (χ0v) is 34.0. The maximum atomic E-state index is 10.1. The van der Waals surface area contributed by atoms with Crippen molar-refractivity contribution in [1.82, 2.24) is 9.97 Å². The first kappa shape index (κ1) is 41.4. The van der Waals surface area contributed by atoms with Crippen LogP contribution in [0.4, 0.5) is 11.4 Å². The zero-order chi connectivity index (χ0) is 40.7. The van der Waals surface area contributed by atoms with E-state index in [4.69, 9.17) is 18.9 Å². The molecule has 2 aromatic heterocycles. The van der Waals surface area contributed by atoms with E-state index in [2.05, 4.69) is 119 Å². The summed E-state index contributed by atoms with van der Waals surface area (Å²) < 4.78 is 22.7. The van der Waals surface area contributed by atoms with E-state index in [0.29, 0.717) is 55.9 Å². The molecule has 0 aliphatic carbocycles. The third kappa shape index (κ3) is 10.0. The Morgan fingerprint density at radius 3 is 1.59 bits per heavy atom. The normalized spacial score (nSPS) is 11.0. The van der Waals surface area contributed by atoms with Gasteiger partial charge in [-0.3, -0.25) is 0 Å². The second-order valence-electron chi connectivity index (χ2n) is 14.0. The Morgan fingerprint density at radius 2 is 1.07 bits per heavy atom. The van der Waals surface area contributed by atoms with Crippen molar-refractivity contribution in [2.75, 3.05) is 76.1 Å². The number of unbranched alkanes of at least 4 members (excludes halogenated alkanes) is 1. The Balaban J connectivity index is 0.995. The molecule has 0 amide bonds. The van der Waals surface area contributed by atoms with Gasteiger partial charge in [0.15, 0.2) is 0 Å². The van der Waals surface area contributed by atoms with Gasteiger partial charge in [0.05, 0.1) is 13.2 Å². The Bertz CT molecular complexity index is 2380. The largest absolute Gasteiger partial charge is 0.474 e. The summed E-state index contributed by atoms with van der Waals surface area (Å²) in [4.78, 5) is 13.4. The molecule has 0 spiro atoms. The van der Waals surface area contributed by atoms with E-state index in [1.165, 1.54) is 11.4 Å². The van der Waals surface area contributed by atoms with Crippen LogP contribution in [0, 0.1) is 22.7 Å². The number of anilines is 2. The third-order valence-corrected chi connectivity index (χ3v) is 10.3. The predicted molar refractivity (Wildman–Crippen MR) is 233 cm³/mol. The lowest BCUT2D eigenvalue weighted by molar-refractivity contribution is 0.0960. The monoisotopic (exact) mass is 776 g/mol. The number of methoxy groups -OCH3 is 1. The summed E-state index contributed by atoms with van der Waals surface area (Å²) in [6, 6.07) is 34.0. The van der Waals surface area contributed by atoms with Gasteiger partial charge in [-0.05, 0) is 114 Å². The zero-order valence-electron chi connectivity index (χ0n) is 34.0. The van der Waals surface area contributed by atoms with Gasteiger partial charge in [0.25, 0.3) is 0 Å². The number of nitrogens with zero attached hydrogens (tertiary/aromatic N) is 6. The van der Waals surface area contributed by atoms with Crippen LogP contribution < -0.4 is 19.3 Å². The average molecular weight is 777 g/mol. The maximum Gasteiger partial charge on any atom is 0.232 e. The van der Waals surface area contributed by atoms with Gasteiger partial charge >= 0.3 is 0 Å². The molecular formula is C48H52N6O4. The fourth-order valence-corrected chi connectivity index (χ4v) is 7.25. The Labute approximate surface area is 342 Å². The second-order valence-corrected chi connectivity index (χ2v) is 14.0. The van der Waals surface area contributed by atoms with Crippen LogP contribution in [0.5, 0.6) is 11.8 Å². The minimum atomic E-state index is 0.306. The number of benzene rings is 4. The molecule has 0 unspecified atom stereocenters. The summed E-state index contributed by atoms with van der Waals surface area (Å²) in [6.45, 7) is 12.4. The van der Waals surface area contributed by atoms with Crippen molar-refractivity contribution in [2.45, 2.75) is 40.0 Å². The SMILES string of the molecule is CCCN(CCCCOCCOc1nccc(-c2ccc3cc(N(CC)CC)ccc3c2)c1C#N)c1ccc2cc(-c3ccnc(OCCOC)c3C#N)ccc2c1. The smallest absolute Gasteiger partial charge is 0.232 e. The Kier molecular flexibility index (Phi) is 14.9. The minimum Gasteiger partial charge on any atom is -0.474 e. The van der Waals surface area contributed by atoms with Crippen LogP contribution in [0.3, 0.4) is 0 Å². The van der Waals surface area contributed by atoms with Gasteiger partial charge in [0.1, 0.15) is 36.5 Å². The number of hydrogen-bond acceptors (Lipinski definition) is 10. The van der Waals surface area contributed by atoms with Gasteiger partial charge in [-0.2, -0.15) is 10.5 Å². The van der Waals surface area contributed by atoms with E-state index in [1.807, 2.05) is 18.2 Å². The maximum absolute atomic E-state index is 10.1. The molecule has 4 aromatic carbocycles. The van der Waals surface area contributed by atoms with Gasteiger partial charge in [-0.15, -0.1) is 0 Å². The van der Waals surface area contributed by atoms with Crippen molar-refractivity contribution >= 4 is 32.9 Å². The summed E-state index contributed by atoms with van der Waals surface area (Å²) in [6.07, 6.45) is 6.30. The topological polar surface area (TPSA) is 117 Å². The summed E-state index contributed by atoms with van der Waals surface area (Å²) in [5.74, 6) is 0.639. The van der Waals surface area contributed by atoms with Crippen LogP contribution in [0.2, 0.25) is 0 Å². The summed E-state index contributed by atoms with van der Waals surface area (Å²) >= 11 is 0. The molecule has 0 aliphatic rings. The van der Waals surface area contributed by atoms with Gasteiger partial charge < -0.3 is 28.7 Å². The number of pyridine rings is 2. The van der Waals surface area contributed by atoms with Crippen LogP contribution in [-0.4, -0.2) is 76.3 Å². The summed E-state index contributed by atoms with van der Waals surface area (Å²) in [5, 5.41) is 24.6. The molecule has 0 radical (unpaired) electrons. The lowest BCUT2D eigenvalue weighted by atomic mass is 9.98. The number of nitriles is 2. The predicted octanol–water partition coefficient (Wildman–Crippen LogP) is 9.82. The molecule has 10 heteroatoms. The first-order valence-electron chi connectivity index (χ1n) is 20.2. The first-order chi connectivity index (χ1) is 28.5. The number of aromatic nitrogens is 2. The quantitative estimate of drug-likeness (QED) is 0.0654. The van der Waals surface area contributed by atoms with Gasteiger partial charge in [0, 0.05) is 74.8 Å². The van der Waals surface area contributed by atoms with Crippen molar-refractivity contribution in [3.8, 4) is 46.2 Å². The van der Waals surface area contributed by atoms with Crippen molar-refractivity contribution in [1.29, 1.82) is 10.5 Å². The highest BCUT2D eigenvalue weighted by Gasteiger charge is 2.16. The van der Waals surface area contributed by atoms with E-state index in [9.17, 15) is 10.5 Å². The molecule has 10 nitrogen and oxygen atoms in total. The second kappa shape index (κ2) is 20.8. The summed E-state index contributed by atoms with van der Waals surface area (Å²) in [5.41, 5.74) is 6.71. The molecule has 0 saturated heterocycles. The Hall–Kier alpha value is -6.20. The van der Waals surface area contributed by atoms with Crippen LogP contribution in [0.25, 0.3) is 43.8 Å². The molecule has 0 aliphatic heterocycles. The number of fused-ring (bicyclic) bond motifs is 2. The van der Waals surface area contributed by atoms with E-state index in [-0.39, 0.29) is 0 Å². The van der Waals surface area contributed by atoms with Crippen LogP contribution in [0.15, 0.2) is 97.3 Å². The molecule has 58 heavy (non-hydrogen) atoms. The highest BCUT2D eigenvalue weighted by Crippen LogP contribution is 2.34. The molecule has 6 aromatic rings. The fraction of sp³-hybridized carbons (Fsp3) is 0.333. The molecule has 298 valence electrons. The van der Waals surface area contributed by atoms with Gasteiger partial charge in [-0.1, -0.05) is 43.3 Å². The fourth-order valence-electron chi connectivity index (χ4n) is 7.25. The van der Waals surface area contributed by atoms with E-state index in [1.54, 1.807) is 19.5 Å². The number of rotatable bonds is 21. The van der Waals surface area contributed by atoms with Crippen molar-refractivity contribution in [3.63, 3.8) is 0 Å². The van der Waals surface area contributed by atoms with Crippen LogP contribution >= 0.6 is 0 Å². The number of hydrogen-bond donors (Lipinski definition) is 0. The van der Waals surface area contributed by atoms with E-state index in [0.717, 1.165) is 89.2 Å². The van der Waals surface area contributed by atoms with Gasteiger partial charge in [0.2, 0.25) is 11.8 Å². The average Bonchev–Trinajstić information content (AvgIpc) is 3.26. The highest BCUT2D eigenvalue weighted by molar-refractivity contribution is 5.92. The lowest BCUT2D eigenvalue weighted by Gasteiger charge is -2.25. The molecule has 0 saturated carbocycles. The van der Waals surface area contributed by atoms with Crippen molar-refractivity contribution in [3.05, 3.63) is 108 Å². The van der Waals surface area contributed by atoms with Crippen LogP contribution in [-0.2, 0) is 9.47 Å². The Morgan fingerprint density at radius 1 is 0.552 bits per heavy atom. The van der Waals surface area contributed by atoms with E-state index < -0.39 is 0 Å². The van der Waals surface area contributed by atoms with Crippen molar-refractivity contribution < 1.29 is 18.9 Å². The molecule has 0 atom stereocenters. The number of ether oxygens (including phenoxy) is 4. The van der Waals surface area contributed by atoms with Crippen LogP contribution in [0.1, 0.15) is 51.2 Å².